The van der Waals surface area contributed by atoms with Crippen molar-refractivity contribution < 1.29 is 5.11 Å². The van der Waals surface area contributed by atoms with E-state index in [2.05, 4.69) is 9.97 Å². The van der Waals surface area contributed by atoms with Crippen LogP contribution in [0.4, 0.5) is 5.95 Å². The van der Waals surface area contributed by atoms with E-state index in [1.165, 1.54) is 0 Å². The van der Waals surface area contributed by atoms with Crippen LogP contribution < -0.4 is 4.90 Å². The van der Waals surface area contributed by atoms with Gasteiger partial charge < -0.3 is 10.0 Å². The molecule has 0 saturated carbocycles. The van der Waals surface area contributed by atoms with Gasteiger partial charge in [-0.2, -0.15) is 0 Å². The molecule has 0 bridgehead atoms. The second-order valence-electron chi connectivity index (χ2n) is 3.29. The minimum absolute atomic E-state index is 0.224. The Morgan fingerprint density at radius 3 is 2.85 bits per heavy atom. The number of β-amino-alcohol motifs (C(OH)–C–C–N with tert-alkyl or cyclic N) is 1. The fraction of sp³-hybridized carbons (Fsp3) is 0.556. The third-order valence-electron chi connectivity index (χ3n) is 2.23. The molecule has 0 radical (unpaired) electrons. The molecule has 0 aromatic carbocycles. The van der Waals surface area contributed by atoms with Gasteiger partial charge in [-0.1, -0.05) is 0 Å². The molecule has 0 unspecified atom stereocenters. The van der Waals surface area contributed by atoms with Crippen LogP contribution in [0, 0.1) is 0 Å². The molecular weight excluding hydrogens is 166 g/mol. The zero-order valence-corrected chi connectivity index (χ0v) is 7.43. The Bertz CT molecular complexity index is 265. The van der Waals surface area contributed by atoms with Crippen LogP contribution in [0.3, 0.4) is 0 Å². The first-order valence-electron chi connectivity index (χ1n) is 4.56. The molecule has 1 fully saturated rings. The number of hydrogen-bond acceptors (Lipinski definition) is 4. The lowest BCUT2D eigenvalue weighted by Gasteiger charge is -2.29. The van der Waals surface area contributed by atoms with Gasteiger partial charge in [0, 0.05) is 25.5 Å². The highest BCUT2D eigenvalue weighted by atomic mass is 16.3. The molecule has 1 N–H and O–H groups in total. The van der Waals surface area contributed by atoms with Gasteiger partial charge in [-0.05, 0) is 18.9 Å². The van der Waals surface area contributed by atoms with E-state index in [1.54, 1.807) is 18.5 Å². The summed E-state index contributed by atoms with van der Waals surface area (Å²) in [6.45, 7) is 1.60. The highest BCUT2D eigenvalue weighted by molar-refractivity contribution is 5.29. The highest BCUT2D eigenvalue weighted by Crippen LogP contribution is 2.14. The van der Waals surface area contributed by atoms with E-state index in [9.17, 15) is 5.11 Å². The van der Waals surface area contributed by atoms with Gasteiger partial charge in [0.05, 0.1) is 6.10 Å². The lowest BCUT2D eigenvalue weighted by Crippen LogP contribution is -2.39. The van der Waals surface area contributed by atoms with Crippen LogP contribution in [-0.2, 0) is 0 Å². The van der Waals surface area contributed by atoms with Crippen molar-refractivity contribution in [2.24, 2.45) is 0 Å². The van der Waals surface area contributed by atoms with Crippen LogP contribution in [0.5, 0.6) is 0 Å². The second kappa shape index (κ2) is 3.70. The Hall–Kier alpha value is -1.16. The number of anilines is 1. The number of rotatable bonds is 1. The highest BCUT2D eigenvalue weighted by Gasteiger charge is 2.18. The van der Waals surface area contributed by atoms with Crippen LogP contribution in [0.2, 0.25) is 0 Å². The standard InChI is InChI=1S/C9H13N3O/c13-8-3-1-6-12(7-8)9-10-4-2-5-11-9/h2,4-5,8,13H,1,3,6-7H2/t8-/m0/s1. The molecule has 1 aliphatic rings. The fourth-order valence-electron chi connectivity index (χ4n) is 1.59. The summed E-state index contributed by atoms with van der Waals surface area (Å²) in [5, 5.41) is 9.44. The molecule has 0 spiro atoms. The van der Waals surface area contributed by atoms with E-state index in [0.29, 0.717) is 6.54 Å². The summed E-state index contributed by atoms with van der Waals surface area (Å²) in [4.78, 5) is 10.3. The van der Waals surface area contributed by atoms with E-state index in [1.807, 2.05) is 4.90 Å². The largest absolute Gasteiger partial charge is 0.391 e. The molecule has 13 heavy (non-hydrogen) atoms. The van der Waals surface area contributed by atoms with Gasteiger partial charge in [-0.3, -0.25) is 0 Å². The van der Waals surface area contributed by atoms with Gasteiger partial charge in [-0.15, -0.1) is 0 Å². The molecule has 1 aromatic heterocycles. The van der Waals surface area contributed by atoms with Crippen molar-refractivity contribution in [3.63, 3.8) is 0 Å². The maximum Gasteiger partial charge on any atom is 0.225 e. The van der Waals surface area contributed by atoms with Gasteiger partial charge in [0.25, 0.3) is 0 Å². The summed E-state index contributed by atoms with van der Waals surface area (Å²) >= 11 is 0. The van der Waals surface area contributed by atoms with E-state index >= 15 is 0 Å². The van der Waals surface area contributed by atoms with Gasteiger partial charge >= 0.3 is 0 Å². The van der Waals surface area contributed by atoms with E-state index in [4.69, 9.17) is 0 Å². The SMILES string of the molecule is O[C@H]1CCCN(c2ncccn2)C1. The summed E-state index contributed by atoms with van der Waals surface area (Å²) < 4.78 is 0. The lowest BCUT2D eigenvalue weighted by atomic mass is 10.1. The maximum atomic E-state index is 9.44. The lowest BCUT2D eigenvalue weighted by molar-refractivity contribution is 0.153. The fourth-order valence-corrected chi connectivity index (χ4v) is 1.59. The van der Waals surface area contributed by atoms with E-state index < -0.39 is 0 Å². The van der Waals surface area contributed by atoms with Crippen LogP contribution >= 0.6 is 0 Å². The Morgan fingerprint density at radius 2 is 2.15 bits per heavy atom. The van der Waals surface area contributed by atoms with E-state index in [0.717, 1.165) is 25.3 Å². The first kappa shape index (κ1) is 8.44. The van der Waals surface area contributed by atoms with Gasteiger partial charge in [0.1, 0.15) is 0 Å². The van der Waals surface area contributed by atoms with Crippen LogP contribution in [0.15, 0.2) is 18.5 Å². The molecule has 1 atom stereocenters. The summed E-state index contributed by atoms with van der Waals surface area (Å²) in [5.41, 5.74) is 0. The van der Waals surface area contributed by atoms with Crippen LogP contribution in [-0.4, -0.2) is 34.3 Å². The average Bonchev–Trinajstić information content (AvgIpc) is 2.19. The molecule has 1 aromatic rings. The minimum atomic E-state index is -0.224. The Kier molecular flexibility index (Phi) is 2.40. The number of nitrogens with zero attached hydrogens (tertiary/aromatic N) is 3. The Labute approximate surface area is 77.2 Å². The molecule has 2 heterocycles. The molecular formula is C9H13N3O. The third kappa shape index (κ3) is 1.95. The minimum Gasteiger partial charge on any atom is -0.391 e. The first-order valence-corrected chi connectivity index (χ1v) is 4.56. The number of piperidine rings is 1. The van der Waals surface area contributed by atoms with Crippen molar-refractivity contribution in [1.82, 2.24) is 9.97 Å². The van der Waals surface area contributed by atoms with Crippen LogP contribution in [0.1, 0.15) is 12.8 Å². The molecule has 0 amide bonds. The van der Waals surface area contributed by atoms with Crippen LogP contribution in [0.25, 0.3) is 0 Å². The van der Waals surface area contributed by atoms with E-state index in [-0.39, 0.29) is 6.10 Å². The molecule has 1 aliphatic heterocycles. The quantitative estimate of drug-likeness (QED) is 0.679. The summed E-state index contributed by atoms with van der Waals surface area (Å²) in [5.74, 6) is 0.723. The smallest absolute Gasteiger partial charge is 0.225 e. The predicted molar refractivity (Wildman–Crippen MR) is 49.5 cm³/mol. The average molecular weight is 179 g/mol. The monoisotopic (exact) mass is 179 g/mol. The molecule has 0 aliphatic carbocycles. The topological polar surface area (TPSA) is 49.2 Å². The van der Waals surface area contributed by atoms with Crippen molar-refractivity contribution >= 4 is 5.95 Å². The second-order valence-corrected chi connectivity index (χ2v) is 3.29. The zero-order valence-electron chi connectivity index (χ0n) is 7.43. The molecule has 4 nitrogen and oxygen atoms in total. The number of aromatic nitrogens is 2. The number of hydrogen-bond donors (Lipinski definition) is 1. The van der Waals surface area contributed by atoms with Crippen molar-refractivity contribution in [3.8, 4) is 0 Å². The normalized spacial score (nSPS) is 23.2. The van der Waals surface area contributed by atoms with Gasteiger partial charge in [0.15, 0.2) is 0 Å². The van der Waals surface area contributed by atoms with Crippen molar-refractivity contribution in [2.75, 3.05) is 18.0 Å². The van der Waals surface area contributed by atoms with Crippen molar-refractivity contribution in [1.29, 1.82) is 0 Å². The van der Waals surface area contributed by atoms with Crippen molar-refractivity contribution in [2.45, 2.75) is 18.9 Å². The molecule has 2 rings (SSSR count). The summed E-state index contributed by atoms with van der Waals surface area (Å²) in [6.07, 6.45) is 5.13. The number of aliphatic hydroxyl groups is 1. The third-order valence-corrected chi connectivity index (χ3v) is 2.23. The van der Waals surface area contributed by atoms with Crippen molar-refractivity contribution in [3.05, 3.63) is 18.5 Å². The molecule has 1 saturated heterocycles. The van der Waals surface area contributed by atoms with Gasteiger partial charge in [-0.25, -0.2) is 9.97 Å². The maximum absolute atomic E-state index is 9.44. The Balaban J connectivity index is 2.08. The Morgan fingerprint density at radius 1 is 1.38 bits per heavy atom. The summed E-state index contributed by atoms with van der Waals surface area (Å²) in [6, 6.07) is 1.80. The number of aliphatic hydroxyl groups excluding tert-OH is 1. The summed E-state index contributed by atoms with van der Waals surface area (Å²) in [7, 11) is 0. The molecule has 4 heteroatoms. The predicted octanol–water partition coefficient (Wildman–Crippen LogP) is 0.438. The van der Waals surface area contributed by atoms with Gasteiger partial charge in [0.2, 0.25) is 5.95 Å². The zero-order chi connectivity index (χ0) is 9.10. The first-order chi connectivity index (χ1) is 6.36. The molecule has 70 valence electrons.